The van der Waals surface area contributed by atoms with E-state index < -0.39 is 5.91 Å². The number of rotatable bonds is 3. The molecule has 0 spiro atoms. The molecule has 0 bridgehead atoms. The SMILES string of the molecule is NC(=O)c1ccc2[nH]c(CN3C[C@@H]4CCCN[C@@H]4C3)cc(=O)c2c1. The summed E-state index contributed by atoms with van der Waals surface area (Å²) in [6.45, 7) is 3.98. The van der Waals surface area contributed by atoms with E-state index in [2.05, 4.69) is 15.2 Å². The summed E-state index contributed by atoms with van der Waals surface area (Å²) in [6, 6.07) is 7.20. The van der Waals surface area contributed by atoms with E-state index in [-0.39, 0.29) is 5.43 Å². The molecular weight excluding hydrogens is 304 g/mol. The Labute approximate surface area is 140 Å². The van der Waals surface area contributed by atoms with Crippen molar-refractivity contribution >= 4 is 16.8 Å². The topological polar surface area (TPSA) is 91.2 Å². The highest BCUT2D eigenvalue weighted by Gasteiger charge is 2.34. The molecule has 126 valence electrons. The van der Waals surface area contributed by atoms with Gasteiger partial charge in [-0.1, -0.05) is 0 Å². The van der Waals surface area contributed by atoms with Crippen molar-refractivity contribution in [3.63, 3.8) is 0 Å². The van der Waals surface area contributed by atoms with Gasteiger partial charge in [0.2, 0.25) is 5.91 Å². The molecule has 2 aromatic rings. The molecule has 0 saturated carbocycles. The second kappa shape index (κ2) is 6.03. The molecule has 24 heavy (non-hydrogen) atoms. The van der Waals surface area contributed by atoms with Crippen LogP contribution in [0.2, 0.25) is 0 Å². The van der Waals surface area contributed by atoms with E-state index in [0.717, 1.165) is 43.3 Å². The molecule has 4 rings (SSSR count). The lowest BCUT2D eigenvalue weighted by atomic mass is 9.94. The first-order chi connectivity index (χ1) is 11.6. The number of pyridine rings is 1. The van der Waals surface area contributed by atoms with E-state index in [1.807, 2.05) is 0 Å². The Balaban J connectivity index is 1.58. The Kier molecular flexibility index (Phi) is 3.86. The number of nitrogens with two attached hydrogens (primary N) is 1. The van der Waals surface area contributed by atoms with Crippen molar-refractivity contribution in [2.24, 2.45) is 11.7 Å². The maximum Gasteiger partial charge on any atom is 0.248 e. The van der Waals surface area contributed by atoms with Crippen LogP contribution in [0, 0.1) is 5.92 Å². The van der Waals surface area contributed by atoms with Gasteiger partial charge in [-0.05, 0) is 43.5 Å². The van der Waals surface area contributed by atoms with Gasteiger partial charge in [-0.3, -0.25) is 14.5 Å². The van der Waals surface area contributed by atoms with Crippen LogP contribution in [0.3, 0.4) is 0 Å². The number of piperidine rings is 1. The number of aromatic nitrogens is 1. The van der Waals surface area contributed by atoms with Gasteiger partial charge in [-0.2, -0.15) is 0 Å². The zero-order valence-corrected chi connectivity index (χ0v) is 13.5. The minimum absolute atomic E-state index is 0.0726. The van der Waals surface area contributed by atoms with E-state index in [1.165, 1.54) is 12.8 Å². The number of carbonyl (C=O) groups excluding carboxylic acids is 1. The van der Waals surface area contributed by atoms with E-state index in [4.69, 9.17) is 5.73 Å². The molecule has 0 radical (unpaired) electrons. The van der Waals surface area contributed by atoms with Crippen molar-refractivity contribution in [1.29, 1.82) is 0 Å². The first-order valence-electron chi connectivity index (χ1n) is 8.51. The van der Waals surface area contributed by atoms with Gasteiger partial charge in [0.1, 0.15) is 0 Å². The number of primary amides is 1. The Hall–Kier alpha value is -2.18. The van der Waals surface area contributed by atoms with Crippen LogP contribution < -0.4 is 16.5 Å². The standard InChI is InChI=1S/C18H22N4O2/c19-18(24)11-3-4-15-14(6-11)17(23)7-13(21-15)9-22-8-12-2-1-5-20-16(12)10-22/h3-4,6-7,12,16,20H,1-2,5,8-10H2,(H2,19,24)(H,21,23)/t12-,16+/m0/s1. The highest BCUT2D eigenvalue weighted by molar-refractivity contribution is 5.96. The zero-order valence-electron chi connectivity index (χ0n) is 13.5. The first-order valence-corrected chi connectivity index (χ1v) is 8.51. The lowest BCUT2D eigenvalue weighted by molar-refractivity contribution is 0.100. The van der Waals surface area contributed by atoms with Crippen molar-refractivity contribution in [3.8, 4) is 0 Å². The third kappa shape index (κ3) is 2.83. The lowest BCUT2D eigenvalue weighted by Gasteiger charge is -2.24. The number of hydrogen-bond acceptors (Lipinski definition) is 4. The molecule has 1 amide bonds. The van der Waals surface area contributed by atoms with Gasteiger partial charge >= 0.3 is 0 Å². The molecule has 2 aliphatic rings. The average molecular weight is 326 g/mol. The molecule has 0 aliphatic carbocycles. The minimum Gasteiger partial charge on any atom is -0.366 e. The van der Waals surface area contributed by atoms with Gasteiger partial charge < -0.3 is 16.0 Å². The summed E-state index contributed by atoms with van der Waals surface area (Å²) in [5.74, 6) is 0.205. The molecule has 2 saturated heterocycles. The lowest BCUT2D eigenvalue weighted by Crippen LogP contribution is -2.40. The second-order valence-electron chi connectivity index (χ2n) is 6.94. The number of aromatic amines is 1. The van der Waals surface area contributed by atoms with Crippen LogP contribution in [-0.2, 0) is 6.54 Å². The Bertz CT molecular complexity index is 831. The number of H-pyrrole nitrogens is 1. The molecule has 1 aromatic carbocycles. The average Bonchev–Trinajstić information content (AvgIpc) is 2.96. The van der Waals surface area contributed by atoms with Gasteiger partial charge in [0.25, 0.3) is 0 Å². The highest BCUT2D eigenvalue weighted by Crippen LogP contribution is 2.25. The minimum atomic E-state index is -0.521. The largest absolute Gasteiger partial charge is 0.366 e. The third-order valence-corrected chi connectivity index (χ3v) is 5.24. The number of nitrogens with one attached hydrogen (secondary N) is 2. The van der Waals surface area contributed by atoms with E-state index in [0.29, 0.717) is 17.0 Å². The fraction of sp³-hybridized carbons (Fsp3) is 0.444. The van der Waals surface area contributed by atoms with Crippen LogP contribution in [0.15, 0.2) is 29.1 Å². The number of benzene rings is 1. The Morgan fingerprint density at radius 3 is 2.96 bits per heavy atom. The highest BCUT2D eigenvalue weighted by atomic mass is 16.1. The van der Waals surface area contributed by atoms with Gasteiger partial charge in [0.15, 0.2) is 5.43 Å². The molecule has 6 heteroatoms. The van der Waals surface area contributed by atoms with Gasteiger partial charge in [-0.15, -0.1) is 0 Å². The maximum absolute atomic E-state index is 12.4. The van der Waals surface area contributed by atoms with Crippen molar-refractivity contribution in [2.75, 3.05) is 19.6 Å². The summed E-state index contributed by atoms with van der Waals surface area (Å²) in [7, 11) is 0. The molecular formula is C18H22N4O2. The summed E-state index contributed by atoms with van der Waals surface area (Å²) >= 11 is 0. The molecule has 3 heterocycles. The van der Waals surface area contributed by atoms with Crippen LogP contribution in [-0.4, -0.2) is 41.5 Å². The summed E-state index contributed by atoms with van der Waals surface area (Å²) in [4.78, 5) is 29.4. The van der Waals surface area contributed by atoms with E-state index in [9.17, 15) is 9.59 Å². The molecule has 2 atom stereocenters. The maximum atomic E-state index is 12.4. The third-order valence-electron chi connectivity index (χ3n) is 5.24. The predicted octanol–water partition coefficient (Wildman–Crippen LogP) is 0.811. The number of nitrogens with zero attached hydrogens (tertiary/aromatic N) is 1. The van der Waals surface area contributed by atoms with Gasteiger partial charge in [-0.25, -0.2) is 0 Å². The van der Waals surface area contributed by atoms with Crippen molar-refractivity contribution in [3.05, 3.63) is 45.7 Å². The number of amides is 1. The van der Waals surface area contributed by atoms with Gasteiger partial charge in [0, 0.05) is 53.9 Å². The quantitative estimate of drug-likeness (QED) is 0.778. The fourth-order valence-corrected chi connectivity index (χ4v) is 4.05. The van der Waals surface area contributed by atoms with Crippen LogP contribution in [0.25, 0.3) is 10.9 Å². The number of hydrogen-bond donors (Lipinski definition) is 3. The summed E-state index contributed by atoms with van der Waals surface area (Å²) in [5.41, 5.74) is 7.23. The second-order valence-corrected chi connectivity index (χ2v) is 6.94. The van der Waals surface area contributed by atoms with E-state index in [1.54, 1.807) is 24.3 Å². The predicted molar refractivity (Wildman–Crippen MR) is 92.9 cm³/mol. The molecule has 6 nitrogen and oxygen atoms in total. The smallest absolute Gasteiger partial charge is 0.248 e. The number of fused-ring (bicyclic) bond motifs is 2. The molecule has 1 aromatic heterocycles. The van der Waals surface area contributed by atoms with Crippen molar-refractivity contribution in [2.45, 2.75) is 25.4 Å². The molecule has 4 N–H and O–H groups in total. The fourth-order valence-electron chi connectivity index (χ4n) is 4.05. The zero-order chi connectivity index (χ0) is 16.7. The van der Waals surface area contributed by atoms with Crippen LogP contribution in [0.4, 0.5) is 0 Å². The van der Waals surface area contributed by atoms with Crippen molar-refractivity contribution in [1.82, 2.24) is 15.2 Å². The molecule has 2 aliphatic heterocycles. The monoisotopic (exact) mass is 326 g/mol. The van der Waals surface area contributed by atoms with Crippen LogP contribution in [0.5, 0.6) is 0 Å². The first kappa shape index (κ1) is 15.4. The van der Waals surface area contributed by atoms with Crippen LogP contribution >= 0.6 is 0 Å². The summed E-state index contributed by atoms with van der Waals surface area (Å²) in [6.07, 6.45) is 2.54. The normalized spacial score (nSPS) is 24.2. The van der Waals surface area contributed by atoms with Crippen LogP contribution in [0.1, 0.15) is 28.9 Å². The van der Waals surface area contributed by atoms with E-state index >= 15 is 0 Å². The number of likely N-dealkylation sites (tertiary alicyclic amines) is 1. The molecule has 2 fully saturated rings. The van der Waals surface area contributed by atoms with Crippen molar-refractivity contribution < 1.29 is 4.79 Å². The number of carbonyl (C=O) groups is 1. The Morgan fingerprint density at radius 1 is 1.29 bits per heavy atom. The molecule has 0 unspecified atom stereocenters. The Morgan fingerprint density at radius 2 is 2.17 bits per heavy atom. The summed E-state index contributed by atoms with van der Waals surface area (Å²) < 4.78 is 0. The summed E-state index contributed by atoms with van der Waals surface area (Å²) in [5, 5.41) is 4.10. The van der Waals surface area contributed by atoms with Gasteiger partial charge in [0.05, 0.1) is 0 Å².